The standard InChI is InChI=1S/C24H26ClF3N2O3S/c1-17-4-2-3-5-22(17)30(34(32,33)21-12-10-20(25)11-13-21)16-18-6-8-19(9-7-18)23(31)29-15-14-24(26,27)28/h6-13,16-17,22H,2-5,14-15H2,1H3/p+1/b30-16+. The van der Waals surface area contributed by atoms with E-state index >= 15 is 0 Å². The molecule has 0 heterocycles. The van der Waals surface area contributed by atoms with Crippen LogP contribution in [0.2, 0.25) is 5.02 Å². The van der Waals surface area contributed by atoms with Crippen LogP contribution in [0.3, 0.4) is 0 Å². The molecule has 2 aromatic carbocycles. The quantitative estimate of drug-likeness (QED) is 0.395. The Bertz CT molecular complexity index is 1130. The Morgan fingerprint density at radius 3 is 2.29 bits per heavy atom. The summed E-state index contributed by atoms with van der Waals surface area (Å²) in [7, 11) is -3.87. The van der Waals surface area contributed by atoms with Gasteiger partial charge in [-0.3, -0.25) is 4.79 Å². The summed E-state index contributed by atoms with van der Waals surface area (Å²) < 4.78 is 65.4. The van der Waals surface area contributed by atoms with Gasteiger partial charge < -0.3 is 5.32 Å². The Balaban J connectivity index is 1.89. The van der Waals surface area contributed by atoms with E-state index in [0.717, 1.165) is 25.7 Å². The topological polar surface area (TPSA) is 66.2 Å². The molecule has 1 aliphatic carbocycles. The number of nitrogens with zero attached hydrogens (tertiary/aromatic N) is 1. The highest BCUT2D eigenvalue weighted by molar-refractivity contribution is 7.85. The molecular weight excluding hydrogens is 489 g/mol. The van der Waals surface area contributed by atoms with Crippen molar-refractivity contribution < 1.29 is 30.4 Å². The van der Waals surface area contributed by atoms with Crippen LogP contribution in [0, 0.1) is 5.92 Å². The maximum Gasteiger partial charge on any atom is 0.395 e. The van der Waals surface area contributed by atoms with Gasteiger partial charge in [-0.1, -0.05) is 24.9 Å². The van der Waals surface area contributed by atoms with Crippen LogP contribution in [0.4, 0.5) is 13.2 Å². The molecule has 1 aliphatic rings. The van der Waals surface area contributed by atoms with Crippen molar-refractivity contribution in [2.75, 3.05) is 6.54 Å². The van der Waals surface area contributed by atoms with Crippen LogP contribution in [0.25, 0.3) is 0 Å². The lowest BCUT2D eigenvalue weighted by Gasteiger charge is -2.25. The lowest BCUT2D eigenvalue weighted by atomic mass is 9.86. The number of halogens is 4. The first-order chi connectivity index (χ1) is 16.0. The highest BCUT2D eigenvalue weighted by atomic mass is 35.5. The highest BCUT2D eigenvalue weighted by Crippen LogP contribution is 2.29. The van der Waals surface area contributed by atoms with Crippen LogP contribution in [-0.4, -0.2) is 43.3 Å². The van der Waals surface area contributed by atoms with Crippen LogP contribution >= 0.6 is 11.6 Å². The molecule has 1 saturated carbocycles. The van der Waals surface area contributed by atoms with E-state index in [2.05, 4.69) is 5.32 Å². The van der Waals surface area contributed by atoms with E-state index in [4.69, 9.17) is 11.6 Å². The molecule has 2 unspecified atom stereocenters. The second-order valence-electron chi connectivity index (χ2n) is 8.49. The number of amides is 1. The predicted octanol–water partition coefficient (Wildman–Crippen LogP) is 5.42. The van der Waals surface area contributed by atoms with E-state index in [9.17, 15) is 26.4 Å². The maximum absolute atomic E-state index is 13.6. The molecule has 0 aromatic heterocycles. The Morgan fingerprint density at radius 2 is 1.71 bits per heavy atom. The third-order valence-electron chi connectivity index (χ3n) is 5.93. The molecular formula is C24H27ClF3N2O3S+. The summed E-state index contributed by atoms with van der Waals surface area (Å²) in [5.74, 6) is -0.465. The number of hydrogen-bond acceptors (Lipinski definition) is 3. The molecule has 1 fully saturated rings. The van der Waals surface area contributed by atoms with Gasteiger partial charge in [0.05, 0.1) is 6.42 Å². The second-order valence-corrected chi connectivity index (χ2v) is 10.8. The van der Waals surface area contributed by atoms with Gasteiger partial charge >= 0.3 is 16.2 Å². The van der Waals surface area contributed by atoms with Crippen molar-refractivity contribution in [3.8, 4) is 0 Å². The zero-order chi connectivity index (χ0) is 24.9. The summed E-state index contributed by atoms with van der Waals surface area (Å²) in [6.45, 7) is 1.53. The smallest absolute Gasteiger partial charge is 0.352 e. The van der Waals surface area contributed by atoms with E-state index in [1.54, 1.807) is 18.3 Å². The first-order valence-corrected chi connectivity index (χ1v) is 12.9. The molecule has 184 valence electrons. The molecule has 0 spiro atoms. The number of carbonyl (C=O) groups excluding carboxylic acids is 1. The number of alkyl halides is 3. The van der Waals surface area contributed by atoms with Gasteiger partial charge in [0.2, 0.25) is 0 Å². The van der Waals surface area contributed by atoms with Crippen molar-refractivity contribution >= 4 is 33.7 Å². The highest BCUT2D eigenvalue weighted by Gasteiger charge is 2.39. The van der Waals surface area contributed by atoms with Crippen LogP contribution in [0.1, 0.15) is 54.9 Å². The summed E-state index contributed by atoms with van der Waals surface area (Å²) in [6, 6.07) is 11.9. The van der Waals surface area contributed by atoms with Gasteiger partial charge in [-0.05, 0) is 61.4 Å². The van der Waals surface area contributed by atoms with Crippen molar-refractivity contribution in [2.45, 2.75) is 56.1 Å². The molecule has 0 saturated heterocycles. The summed E-state index contributed by atoms with van der Waals surface area (Å²) in [5, 5.41) is 2.67. The van der Waals surface area contributed by atoms with Gasteiger partial charge in [0.15, 0.2) is 12.3 Å². The first-order valence-electron chi connectivity index (χ1n) is 11.1. The fourth-order valence-corrected chi connectivity index (χ4v) is 5.81. The minimum Gasteiger partial charge on any atom is -0.352 e. The minimum absolute atomic E-state index is 0.131. The summed E-state index contributed by atoms with van der Waals surface area (Å²) in [5.41, 5.74) is 0.750. The molecule has 0 radical (unpaired) electrons. The molecule has 10 heteroatoms. The normalized spacial score (nSPS) is 19.6. The lowest BCUT2D eigenvalue weighted by molar-refractivity contribution is -0.427. The van der Waals surface area contributed by atoms with Crippen LogP contribution in [-0.2, 0) is 10.0 Å². The molecule has 0 bridgehead atoms. The van der Waals surface area contributed by atoms with Gasteiger partial charge in [-0.15, -0.1) is 3.98 Å². The number of nitrogens with one attached hydrogen (secondary N) is 1. The molecule has 0 aliphatic heterocycles. The average molecular weight is 516 g/mol. The predicted molar refractivity (Wildman–Crippen MR) is 125 cm³/mol. The van der Waals surface area contributed by atoms with E-state index in [1.165, 1.54) is 40.4 Å². The summed E-state index contributed by atoms with van der Waals surface area (Å²) in [4.78, 5) is 12.3. The molecule has 1 N–H and O–H groups in total. The van der Waals surface area contributed by atoms with Crippen molar-refractivity contribution in [3.63, 3.8) is 0 Å². The van der Waals surface area contributed by atoms with Gasteiger partial charge in [-0.2, -0.15) is 21.6 Å². The van der Waals surface area contributed by atoms with Crippen LogP contribution < -0.4 is 5.32 Å². The van der Waals surface area contributed by atoms with E-state index in [0.29, 0.717) is 10.6 Å². The van der Waals surface area contributed by atoms with Gasteiger partial charge in [0.25, 0.3) is 5.91 Å². The second kappa shape index (κ2) is 10.9. The van der Waals surface area contributed by atoms with E-state index in [-0.39, 0.29) is 22.4 Å². The average Bonchev–Trinajstić information content (AvgIpc) is 2.78. The number of carbonyl (C=O) groups is 1. The zero-order valence-corrected chi connectivity index (χ0v) is 20.3. The fraction of sp³-hybridized carbons (Fsp3) is 0.417. The van der Waals surface area contributed by atoms with E-state index < -0.39 is 35.1 Å². The van der Waals surface area contributed by atoms with Gasteiger partial charge in [0.1, 0.15) is 4.90 Å². The number of rotatable bonds is 7. The largest absolute Gasteiger partial charge is 0.395 e. The van der Waals surface area contributed by atoms with Crippen molar-refractivity contribution in [1.82, 2.24) is 5.32 Å². The SMILES string of the molecule is CC1CCCCC1/[N+](=C\c1ccc(C(=O)NCCC(F)(F)F)cc1)S(=O)(=O)c1ccc(Cl)cc1. The summed E-state index contributed by atoms with van der Waals surface area (Å²) in [6.07, 6.45) is -0.283. The third-order valence-corrected chi connectivity index (χ3v) is 7.98. The van der Waals surface area contributed by atoms with Crippen LogP contribution in [0.5, 0.6) is 0 Å². The van der Waals surface area contributed by atoms with Crippen molar-refractivity contribution in [3.05, 3.63) is 64.7 Å². The van der Waals surface area contributed by atoms with Gasteiger partial charge in [-0.25, -0.2) is 0 Å². The molecule has 5 nitrogen and oxygen atoms in total. The summed E-state index contributed by atoms with van der Waals surface area (Å²) >= 11 is 5.93. The molecule has 2 atom stereocenters. The van der Waals surface area contributed by atoms with Crippen molar-refractivity contribution in [1.29, 1.82) is 0 Å². The Morgan fingerprint density at radius 1 is 1.09 bits per heavy atom. The molecule has 3 rings (SSSR count). The van der Waals surface area contributed by atoms with Crippen LogP contribution in [0.15, 0.2) is 53.4 Å². The fourth-order valence-electron chi connectivity index (χ4n) is 4.03. The minimum atomic E-state index is -4.35. The monoisotopic (exact) mass is 515 g/mol. The third kappa shape index (κ3) is 6.82. The lowest BCUT2D eigenvalue weighted by Crippen LogP contribution is -2.39. The number of benzene rings is 2. The number of hydrogen-bond donors (Lipinski definition) is 1. The maximum atomic E-state index is 13.6. The zero-order valence-electron chi connectivity index (χ0n) is 18.7. The van der Waals surface area contributed by atoms with Gasteiger partial charge in [0, 0.05) is 35.0 Å². The Labute approximate surface area is 202 Å². The number of sulfonamides is 1. The molecule has 1 amide bonds. The van der Waals surface area contributed by atoms with E-state index in [1.807, 2.05) is 6.92 Å². The molecule has 2 aromatic rings. The Kier molecular flexibility index (Phi) is 8.41. The Hall–Kier alpha value is -2.39. The first kappa shape index (κ1) is 26.2. The molecule has 34 heavy (non-hydrogen) atoms. The van der Waals surface area contributed by atoms with Crippen molar-refractivity contribution in [2.24, 2.45) is 5.92 Å².